The van der Waals surface area contributed by atoms with Crippen LogP contribution < -0.4 is 14.8 Å². The van der Waals surface area contributed by atoms with Crippen molar-refractivity contribution in [2.24, 2.45) is 0 Å². The van der Waals surface area contributed by atoms with E-state index in [1.807, 2.05) is 30.3 Å². The molecule has 0 aliphatic carbocycles. The lowest BCUT2D eigenvalue weighted by atomic mass is 10.1. The van der Waals surface area contributed by atoms with Gasteiger partial charge in [0, 0.05) is 11.7 Å². The van der Waals surface area contributed by atoms with Crippen LogP contribution in [0.15, 0.2) is 42.5 Å². The molecule has 0 saturated carbocycles. The first-order chi connectivity index (χ1) is 10.1. The SMILES string of the molecule is COc1ccc(CC(C)Nc2ccc(OC)c(Cl)c2)cc1. The minimum Gasteiger partial charge on any atom is -0.497 e. The van der Waals surface area contributed by atoms with E-state index < -0.39 is 0 Å². The van der Waals surface area contributed by atoms with Crippen LogP contribution in [0.5, 0.6) is 11.5 Å². The van der Waals surface area contributed by atoms with Crippen molar-refractivity contribution in [3.63, 3.8) is 0 Å². The zero-order valence-corrected chi connectivity index (χ0v) is 13.3. The number of hydrogen-bond acceptors (Lipinski definition) is 3. The summed E-state index contributed by atoms with van der Waals surface area (Å²) in [5.74, 6) is 1.56. The number of anilines is 1. The Hall–Kier alpha value is -1.87. The van der Waals surface area contributed by atoms with Crippen molar-refractivity contribution in [1.82, 2.24) is 0 Å². The van der Waals surface area contributed by atoms with E-state index in [1.54, 1.807) is 14.2 Å². The topological polar surface area (TPSA) is 30.5 Å². The van der Waals surface area contributed by atoms with Gasteiger partial charge in [0.15, 0.2) is 0 Å². The molecule has 0 heterocycles. The number of methoxy groups -OCH3 is 2. The van der Waals surface area contributed by atoms with Crippen molar-refractivity contribution in [3.8, 4) is 11.5 Å². The number of ether oxygens (including phenoxy) is 2. The molecule has 0 bridgehead atoms. The molecule has 1 N–H and O–H groups in total. The second-order valence-electron chi connectivity index (χ2n) is 4.95. The van der Waals surface area contributed by atoms with E-state index in [2.05, 4.69) is 24.4 Å². The Morgan fingerprint density at radius 2 is 1.76 bits per heavy atom. The van der Waals surface area contributed by atoms with Gasteiger partial charge in [-0.05, 0) is 49.2 Å². The Labute approximate surface area is 130 Å². The van der Waals surface area contributed by atoms with Crippen molar-refractivity contribution in [1.29, 1.82) is 0 Å². The van der Waals surface area contributed by atoms with E-state index in [-0.39, 0.29) is 0 Å². The Bertz CT molecular complexity index is 584. The number of benzene rings is 2. The molecule has 2 aromatic carbocycles. The maximum atomic E-state index is 6.13. The van der Waals surface area contributed by atoms with Crippen LogP contribution >= 0.6 is 11.6 Å². The average Bonchev–Trinajstić information content (AvgIpc) is 2.48. The van der Waals surface area contributed by atoms with Crippen LogP contribution in [0.1, 0.15) is 12.5 Å². The van der Waals surface area contributed by atoms with Crippen LogP contribution in [-0.2, 0) is 6.42 Å². The lowest BCUT2D eigenvalue weighted by molar-refractivity contribution is 0.414. The van der Waals surface area contributed by atoms with E-state index in [9.17, 15) is 0 Å². The Kier molecular flexibility index (Phi) is 5.34. The van der Waals surface area contributed by atoms with Crippen LogP contribution in [0, 0.1) is 0 Å². The van der Waals surface area contributed by atoms with Gasteiger partial charge >= 0.3 is 0 Å². The summed E-state index contributed by atoms with van der Waals surface area (Å²) in [4.78, 5) is 0. The van der Waals surface area contributed by atoms with E-state index in [0.717, 1.165) is 17.9 Å². The third-order valence-corrected chi connectivity index (χ3v) is 3.56. The molecule has 0 aromatic heterocycles. The standard InChI is InChI=1S/C17H20ClNO2/c1-12(10-13-4-7-15(20-2)8-5-13)19-14-6-9-17(21-3)16(18)11-14/h4-9,11-12,19H,10H2,1-3H3. The van der Waals surface area contributed by atoms with Crippen LogP contribution in [-0.4, -0.2) is 20.3 Å². The van der Waals surface area contributed by atoms with E-state index in [1.165, 1.54) is 5.56 Å². The molecule has 0 spiro atoms. The normalized spacial score (nSPS) is 11.8. The molecule has 0 saturated heterocycles. The molecular formula is C17H20ClNO2. The van der Waals surface area contributed by atoms with Gasteiger partial charge in [0.2, 0.25) is 0 Å². The summed E-state index contributed by atoms with van der Waals surface area (Å²) in [6, 6.07) is 14.1. The predicted octanol–water partition coefficient (Wildman–Crippen LogP) is 4.40. The quantitative estimate of drug-likeness (QED) is 0.858. The summed E-state index contributed by atoms with van der Waals surface area (Å²) in [7, 11) is 3.28. The number of hydrogen-bond donors (Lipinski definition) is 1. The minimum atomic E-state index is 0.294. The van der Waals surface area contributed by atoms with Gasteiger partial charge in [-0.3, -0.25) is 0 Å². The number of halogens is 1. The maximum absolute atomic E-state index is 6.13. The molecular weight excluding hydrogens is 286 g/mol. The van der Waals surface area contributed by atoms with Gasteiger partial charge in [0.25, 0.3) is 0 Å². The highest BCUT2D eigenvalue weighted by molar-refractivity contribution is 6.32. The van der Waals surface area contributed by atoms with Crippen LogP contribution in [0.2, 0.25) is 5.02 Å². The molecule has 2 aromatic rings. The molecule has 112 valence electrons. The number of rotatable bonds is 6. The van der Waals surface area contributed by atoms with Gasteiger partial charge < -0.3 is 14.8 Å². The third-order valence-electron chi connectivity index (χ3n) is 3.27. The van der Waals surface area contributed by atoms with Crippen LogP contribution in [0.4, 0.5) is 5.69 Å². The summed E-state index contributed by atoms with van der Waals surface area (Å²) >= 11 is 6.13. The zero-order chi connectivity index (χ0) is 15.2. The average molecular weight is 306 g/mol. The third kappa shape index (κ3) is 4.30. The molecule has 1 unspecified atom stereocenters. The molecule has 1 atom stereocenters. The molecule has 21 heavy (non-hydrogen) atoms. The predicted molar refractivity (Wildman–Crippen MR) is 87.8 cm³/mol. The van der Waals surface area contributed by atoms with E-state index >= 15 is 0 Å². The highest BCUT2D eigenvalue weighted by Gasteiger charge is 2.06. The summed E-state index contributed by atoms with van der Waals surface area (Å²) in [5, 5.41) is 4.05. The van der Waals surface area contributed by atoms with Crippen molar-refractivity contribution < 1.29 is 9.47 Å². The molecule has 0 amide bonds. The smallest absolute Gasteiger partial charge is 0.137 e. The Morgan fingerprint density at radius 1 is 1.05 bits per heavy atom. The summed E-state index contributed by atoms with van der Waals surface area (Å²) in [5.41, 5.74) is 2.25. The molecule has 0 radical (unpaired) electrons. The fourth-order valence-electron chi connectivity index (χ4n) is 2.21. The maximum Gasteiger partial charge on any atom is 0.137 e. The number of nitrogens with one attached hydrogen (secondary N) is 1. The first-order valence-electron chi connectivity index (χ1n) is 6.85. The molecule has 2 rings (SSSR count). The summed E-state index contributed by atoms with van der Waals surface area (Å²) in [6.07, 6.45) is 0.924. The Morgan fingerprint density at radius 3 is 2.33 bits per heavy atom. The van der Waals surface area contributed by atoms with Crippen LogP contribution in [0.3, 0.4) is 0 Å². The van der Waals surface area contributed by atoms with E-state index in [0.29, 0.717) is 16.8 Å². The second-order valence-corrected chi connectivity index (χ2v) is 5.35. The monoisotopic (exact) mass is 305 g/mol. The molecule has 0 aliphatic heterocycles. The second kappa shape index (κ2) is 7.23. The molecule has 3 nitrogen and oxygen atoms in total. The molecule has 0 fully saturated rings. The van der Waals surface area contributed by atoms with Gasteiger partial charge in [-0.1, -0.05) is 23.7 Å². The lowest BCUT2D eigenvalue weighted by Gasteiger charge is -2.16. The fraction of sp³-hybridized carbons (Fsp3) is 0.294. The van der Waals surface area contributed by atoms with Crippen molar-refractivity contribution in [2.45, 2.75) is 19.4 Å². The van der Waals surface area contributed by atoms with Crippen LogP contribution in [0.25, 0.3) is 0 Å². The van der Waals surface area contributed by atoms with Gasteiger partial charge in [-0.15, -0.1) is 0 Å². The minimum absolute atomic E-state index is 0.294. The van der Waals surface area contributed by atoms with Crippen molar-refractivity contribution in [2.75, 3.05) is 19.5 Å². The van der Waals surface area contributed by atoms with Gasteiger partial charge in [0.05, 0.1) is 19.2 Å². The summed E-state index contributed by atoms with van der Waals surface area (Å²) < 4.78 is 10.3. The first-order valence-corrected chi connectivity index (χ1v) is 7.23. The van der Waals surface area contributed by atoms with Crippen molar-refractivity contribution >= 4 is 17.3 Å². The zero-order valence-electron chi connectivity index (χ0n) is 12.5. The largest absolute Gasteiger partial charge is 0.497 e. The van der Waals surface area contributed by atoms with Gasteiger partial charge in [-0.2, -0.15) is 0 Å². The molecule has 0 aliphatic rings. The fourth-order valence-corrected chi connectivity index (χ4v) is 2.46. The molecule has 4 heteroatoms. The van der Waals surface area contributed by atoms with E-state index in [4.69, 9.17) is 21.1 Å². The van der Waals surface area contributed by atoms with Gasteiger partial charge in [-0.25, -0.2) is 0 Å². The Balaban J connectivity index is 1.97. The highest BCUT2D eigenvalue weighted by atomic mass is 35.5. The van der Waals surface area contributed by atoms with Crippen molar-refractivity contribution in [3.05, 3.63) is 53.1 Å². The summed E-state index contributed by atoms with van der Waals surface area (Å²) in [6.45, 7) is 2.14. The first kappa shape index (κ1) is 15.5. The lowest BCUT2D eigenvalue weighted by Crippen LogP contribution is -2.18. The van der Waals surface area contributed by atoms with Gasteiger partial charge in [0.1, 0.15) is 11.5 Å². The highest BCUT2D eigenvalue weighted by Crippen LogP contribution is 2.27.